The fourth-order valence-electron chi connectivity index (χ4n) is 3.34. The summed E-state index contributed by atoms with van der Waals surface area (Å²) in [7, 11) is 3.24. The van der Waals surface area contributed by atoms with Crippen molar-refractivity contribution in [3.8, 4) is 0 Å². The number of hydrogen-bond donors (Lipinski definition) is 1. The Morgan fingerprint density at radius 3 is 2.46 bits per heavy atom. The van der Waals surface area contributed by atoms with Crippen molar-refractivity contribution in [1.29, 1.82) is 0 Å². The quantitative estimate of drug-likeness (QED) is 0.316. The maximum atomic E-state index is 11.9. The van der Waals surface area contributed by atoms with Gasteiger partial charge in [-0.25, -0.2) is 0 Å². The lowest BCUT2D eigenvalue weighted by atomic mass is 9.84. The molecule has 0 saturated carbocycles. The van der Waals surface area contributed by atoms with Crippen LogP contribution in [0.3, 0.4) is 0 Å². The van der Waals surface area contributed by atoms with Crippen LogP contribution in [0.15, 0.2) is 29.3 Å². The third-order valence-electron chi connectivity index (χ3n) is 5.15. The van der Waals surface area contributed by atoms with Crippen LogP contribution in [-0.2, 0) is 14.9 Å². The van der Waals surface area contributed by atoms with Crippen LogP contribution < -0.4 is 5.32 Å². The number of aryl methyl sites for hydroxylation is 1. The van der Waals surface area contributed by atoms with Crippen molar-refractivity contribution in [1.82, 2.24) is 10.2 Å². The largest absolute Gasteiger partial charge is 0.469 e. The summed E-state index contributed by atoms with van der Waals surface area (Å²) in [5.41, 5.74) is 2.54. The molecule has 146 valence electrons. The molecule has 2 unspecified atom stereocenters. The van der Waals surface area contributed by atoms with Gasteiger partial charge in [0, 0.05) is 32.1 Å². The minimum Gasteiger partial charge on any atom is -0.469 e. The summed E-state index contributed by atoms with van der Waals surface area (Å²) < 4.78 is 4.92. The number of halogens is 1. The minimum atomic E-state index is -0.134. The summed E-state index contributed by atoms with van der Waals surface area (Å²) in [4.78, 5) is 18.5. The van der Waals surface area contributed by atoms with Gasteiger partial charge in [-0.2, -0.15) is 0 Å². The molecular formula is C20H32IN3O2. The Hall–Kier alpha value is -1.31. The van der Waals surface area contributed by atoms with Crippen molar-refractivity contribution in [2.45, 2.75) is 33.1 Å². The van der Waals surface area contributed by atoms with Crippen LogP contribution in [0.4, 0.5) is 0 Å². The van der Waals surface area contributed by atoms with Gasteiger partial charge in [-0.15, -0.1) is 24.0 Å². The van der Waals surface area contributed by atoms with E-state index in [0.717, 1.165) is 19.0 Å². The van der Waals surface area contributed by atoms with E-state index in [1.165, 1.54) is 18.2 Å². The Morgan fingerprint density at radius 1 is 1.31 bits per heavy atom. The summed E-state index contributed by atoms with van der Waals surface area (Å²) in [6, 6.07) is 8.67. The molecule has 1 aromatic carbocycles. The van der Waals surface area contributed by atoms with Gasteiger partial charge in [0.15, 0.2) is 5.96 Å². The number of nitrogens with zero attached hydrogens (tertiary/aromatic N) is 2. The molecule has 0 aromatic heterocycles. The molecule has 0 aliphatic carbocycles. The predicted octanol–water partition coefficient (Wildman–Crippen LogP) is 3.21. The summed E-state index contributed by atoms with van der Waals surface area (Å²) in [6.45, 7) is 10.9. The van der Waals surface area contributed by atoms with E-state index >= 15 is 0 Å². The Labute approximate surface area is 174 Å². The van der Waals surface area contributed by atoms with E-state index in [0.29, 0.717) is 6.54 Å². The molecule has 0 amide bonds. The zero-order valence-corrected chi connectivity index (χ0v) is 19.0. The molecule has 1 aliphatic heterocycles. The number of ether oxygens (including phenoxy) is 1. The number of nitrogens with one attached hydrogen (secondary N) is 1. The lowest BCUT2D eigenvalue weighted by Gasteiger charge is -2.29. The number of aliphatic imine (C=N–C) groups is 1. The number of methoxy groups -OCH3 is 1. The molecule has 2 atom stereocenters. The number of carbonyl (C=O) groups is 1. The molecule has 1 N–H and O–H groups in total. The second-order valence-electron chi connectivity index (χ2n) is 7.66. The van der Waals surface area contributed by atoms with Gasteiger partial charge in [0.05, 0.1) is 13.0 Å². The van der Waals surface area contributed by atoms with E-state index in [9.17, 15) is 4.79 Å². The van der Waals surface area contributed by atoms with Crippen molar-refractivity contribution in [3.63, 3.8) is 0 Å². The van der Waals surface area contributed by atoms with Crippen molar-refractivity contribution in [2.24, 2.45) is 16.8 Å². The van der Waals surface area contributed by atoms with Gasteiger partial charge in [0.2, 0.25) is 0 Å². The van der Waals surface area contributed by atoms with Crippen molar-refractivity contribution < 1.29 is 9.53 Å². The van der Waals surface area contributed by atoms with Crippen LogP contribution in [0.5, 0.6) is 0 Å². The van der Waals surface area contributed by atoms with E-state index in [-0.39, 0.29) is 47.2 Å². The summed E-state index contributed by atoms with van der Waals surface area (Å²) in [5.74, 6) is 0.883. The lowest BCUT2D eigenvalue weighted by Crippen LogP contribution is -2.45. The third kappa shape index (κ3) is 5.34. The molecule has 1 fully saturated rings. The van der Waals surface area contributed by atoms with Crippen LogP contribution in [0.25, 0.3) is 0 Å². The second kappa shape index (κ2) is 9.58. The van der Waals surface area contributed by atoms with Crippen molar-refractivity contribution in [3.05, 3.63) is 35.4 Å². The summed E-state index contributed by atoms with van der Waals surface area (Å²) >= 11 is 0. The number of carbonyl (C=O) groups excluding carboxylic acids is 1. The fourth-order valence-corrected chi connectivity index (χ4v) is 3.34. The lowest BCUT2D eigenvalue weighted by molar-refractivity contribution is -0.145. The number of hydrogen-bond acceptors (Lipinski definition) is 3. The van der Waals surface area contributed by atoms with Gasteiger partial charge in [-0.1, -0.05) is 50.6 Å². The maximum Gasteiger partial charge on any atom is 0.310 e. The molecule has 1 aromatic rings. The van der Waals surface area contributed by atoms with Crippen LogP contribution >= 0.6 is 24.0 Å². The molecule has 1 heterocycles. The smallest absolute Gasteiger partial charge is 0.310 e. The maximum absolute atomic E-state index is 11.9. The van der Waals surface area contributed by atoms with Crippen LogP contribution in [0.1, 0.15) is 31.9 Å². The number of esters is 1. The molecule has 1 aliphatic rings. The van der Waals surface area contributed by atoms with E-state index in [1.807, 2.05) is 0 Å². The Bertz CT molecular complexity index is 628. The first-order chi connectivity index (χ1) is 11.8. The van der Waals surface area contributed by atoms with Gasteiger partial charge in [0.1, 0.15) is 0 Å². The highest BCUT2D eigenvalue weighted by Crippen LogP contribution is 2.25. The van der Waals surface area contributed by atoms with Crippen LogP contribution in [0, 0.1) is 18.8 Å². The first kappa shape index (κ1) is 22.7. The van der Waals surface area contributed by atoms with Crippen LogP contribution in [0.2, 0.25) is 0 Å². The van der Waals surface area contributed by atoms with Gasteiger partial charge < -0.3 is 15.0 Å². The van der Waals surface area contributed by atoms with E-state index in [1.54, 1.807) is 7.05 Å². The monoisotopic (exact) mass is 473 g/mol. The Kier molecular flexibility index (Phi) is 8.37. The number of rotatable bonds is 4. The molecule has 26 heavy (non-hydrogen) atoms. The zero-order valence-electron chi connectivity index (χ0n) is 16.7. The topological polar surface area (TPSA) is 53.9 Å². The highest BCUT2D eigenvalue weighted by molar-refractivity contribution is 14.0. The molecular weight excluding hydrogens is 441 g/mol. The summed E-state index contributed by atoms with van der Waals surface area (Å²) in [6.07, 6.45) is 0. The average molecular weight is 473 g/mol. The van der Waals surface area contributed by atoms with Crippen molar-refractivity contribution in [2.75, 3.05) is 33.8 Å². The van der Waals surface area contributed by atoms with Crippen molar-refractivity contribution >= 4 is 35.9 Å². The highest BCUT2D eigenvalue weighted by Gasteiger charge is 2.37. The first-order valence-electron chi connectivity index (χ1n) is 8.89. The molecule has 1 saturated heterocycles. The van der Waals surface area contributed by atoms with E-state index in [2.05, 4.69) is 67.2 Å². The normalized spacial score (nSPS) is 20.5. The number of benzene rings is 1. The van der Waals surface area contributed by atoms with Gasteiger partial charge in [-0.3, -0.25) is 9.79 Å². The molecule has 0 bridgehead atoms. The predicted molar refractivity (Wildman–Crippen MR) is 117 cm³/mol. The molecule has 6 heteroatoms. The molecule has 0 radical (unpaired) electrons. The fraction of sp³-hybridized carbons (Fsp3) is 0.600. The Balaban J connectivity index is 0.00000338. The number of likely N-dealkylation sites (tertiary alicyclic amines) is 1. The average Bonchev–Trinajstić information content (AvgIpc) is 2.96. The molecule has 0 spiro atoms. The number of guanidine groups is 1. The van der Waals surface area contributed by atoms with Crippen LogP contribution in [-0.4, -0.2) is 50.6 Å². The van der Waals surface area contributed by atoms with E-state index < -0.39 is 0 Å². The molecule has 2 rings (SSSR count). The SMILES string of the molecule is CN=C(NCC(C)(C)c1ccc(C)cc1)N1CC(C)C(C(=O)OC)C1.I. The van der Waals surface area contributed by atoms with Gasteiger partial charge >= 0.3 is 5.97 Å². The second-order valence-corrected chi connectivity index (χ2v) is 7.66. The van der Waals surface area contributed by atoms with Gasteiger partial charge in [0.25, 0.3) is 0 Å². The van der Waals surface area contributed by atoms with E-state index in [4.69, 9.17) is 4.74 Å². The Morgan fingerprint density at radius 2 is 1.92 bits per heavy atom. The third-order valence-corrected chi connectivity index (χ3v) is 5.15. The van der Waals surface area contributed by atoms with Gasteiger partial charge in [-0.05, 0) is 18.4 Å². The highest BCUT2D eigenvalue weighted by atomic mass is 127. The minimum absolute atomic E-state index is 0. The molecule has 5 nitrogen and oxygen atoms in total. The zero-order chi connectivity index (χ0) is 18.6. The standard InChI is InChI=1S/C20H31N3O2.HI/c1-14-7-9-16(10-8-14)20(3,4)13-22-19(21-5)23-11-15(2)17(12-23)18(24)25-6;/h7-10,15,17H,11-13H2,1-6H3,(H,21,22);1H. The first-order valence-corrected chi connectivity index (χ1v) is 8.89. The summed E-state index contributed by atoms with van der Waals surface area (Å²) in [5, 5.41) is 3.49.